The van der Waals surface area contributed by atoms with E-state index >= 15 is 0 Å². The normalized spacial score (nSPS) is 22.8. The van der Waals surface area contributed by atoms with E-state index in [9.17, 15) is 9.59 Å². The summed E-state index contributed by atoms with van der Waals surface area (Å²) in [6.45, 7) is 12.3. The molecule has 0 bridgehead atoms. The lowest BCUT2D eigenvalue weighted by Crippen LogP contribution is -2.42. The number of carbonyl (C=O) groups excluding carboxylic acids is 2. The van der Waals surface area contributed by atoms with Crippen molar-refractivity contribution in [2.45, 2.75) is 95.8 Å². The van der Waals surface area contributed by atoms with Crippen molar-refractivity contribution in [1.29, 1.82) is 0 Å². The van der Waals surface area contributed by atoms with Crippen LogP contribution in [0.25, 0.3) is 0 Å². The number of benzene rings is 3. The van der Waals surface area contributed by atoms with Gasteiger partial charge in [-0.25, -0.2) is 0 Å². The summed E-state index contributed by atoms with van der Waals surface area (Å²) in [6, 6.07) is 18.5. The summed E-state index contributed by atoms with van der Waals surface area (Å²) in [5.41, 5.74) is 6.35. The maximum atomic E-state index is 12.0. The molecule has 3 aromatic carbocycles. The van der Waals surface area contributed by atoms with Crippen LogP contribution in [0.5, 0.6) is 17.2 Å². The van der Waals surface area contributed by atoms with Crippen LogP contribution >= 0.6 is 11.8 Å². The lowest BCUT2D eigenvalue weighted by atomic mass is 9.78. The molecule has 2 amide bonds. The van der Waals surface area contributed by atoms with Crippen LogP contribution in [0.2, 0.25) is 0 Å². The van der Waals surface area contributed by atoms with Gasteiger partial charge in [-0.05, 0) is 107 Å². The predicted octanol–water partition coefficient (Wildman–Crippen LogP) is 6.93. The second kappa shape index (κ2) is 12.5. The molecular weight excluding hydrogens is 572 g/mol. The smallest absolute Gasteiger partial charge is 0.286 e. The first kappa shape index (κ1) is 30.5. The zero-order valence-corrected chi connectivity index (χ0v) is 27.0. The molecule has 0 aromatic heterocycles. The summed E-state index contributed by atoms with van der Waals surface area (Å²) < 4.78 is 20.0. The number of hydrogen-bond donors (Lipinski definition) is 2. The Hall–Kier alpha value is -3.49. The highest BCUT2D eigenvalue weighted by molar-refractivity contribution is 8.15. The van der Waals surface area contributed by atoms with E-state index in [1.807, 2.05) is 42.5 Å². The molecule has 2 N–H and O–H groups in total. The average molecular weight is 615 g/mol. The molecule has 0 aliphatic carbocycles. The van der Waals surface area contributed by atoms with Crippen LogP contribution in [0, 0.1) is 20.8 Å². The minimum Gasteiger partial charge on any atom is -0.489 e. The fourth-order valence-electron chi connectivity index (χ4n) is 6.87. The van der Waals surface area contributed by atoms with Gasteiger partial charge in [0.1, 0.15) is 35.6 Å². The first-order chi connectivity index (χ1) is 21.1. The molecule has 0 radical (unpaired) electrons. The topological polar surface area (TPSA) is 85.9 Å². The minimum atomic E-state index is -0.413. The molecule has 7 nitrogen and oxygen atoms in total. The number of imide groups is 1. The van der Waals surface area contributed by atoms with E-state index in [2.05, 4.69) is 57.4 Å². The number of fused-ring (bicyclic) bond motifs is 1. The maximum absolute atomic E-state index is 12.0. The van der Waals surface area contributed by atoms with Gasteiger partial charge < -0.3 is 19.5 Å². The molecule has 3 aliphatic heterocycles. The molecule has 4 atom stereocenters. The van der Waals surface area contributed by atoms with Crippen molar-refractivity contribution in [3.8, 4) is 17.2 Å². The number of ether oxygens (including phenoxy) is 3. The molecule has 2 fully saturated rings. The van der Waals surface area contributed by atoms with Crippen molar-refractivity contribution in [1.82, 2.24) is 10.6 Å². The van der Waals surface area contributed by atoms with Gasteiger partial charge in [-0.3, -0.25) is 14.9 Å². The van der Waals surface area contributed by atoms with Crippen LogP contribution in [0.3, 0.4) is 0 Å². The summed E-state index contributed by atoms with van der Waals surface area (Å²) >= 11 is 1.06. The Balaban J connectivity index is 1.25. The summed E-state index contributed by atoms with van der Waals surface area (Å²) in [6.07, 6.45) is 3.42. The maximum Gasteiger partial charge on any atom is 0.286 e. The Kier molecular flexibility index (Phi) is 8.66. The molecule has 232 valence electrons. The quantitative estimate of drug-likeness (QED) is 0.256. The Morgan fingerprint density at radius 3 is 2.39 bits per heavy atom. The Morgan fingerprint density at radius 2 is 1.73 bits per heavy atom. The molecule has 3 heterocycles. The van der Waals surface area contributed by atoms with Gasteiger partial charge in [0.05, 0.1) is 5.25 Å². The molecule has 0 spiro atoms. The van der Waals surface area contributed by atoms with Gasteiger partial charge in [0.2, 0.25) is 5.91 Å². The van der Waals surface area contributed by atoms with Gasteiger partial charge in [-0.15, -0.1) is 0 Å². The average Bonchev–Trinajstić information content (AvgIpc) is 3.71. The van der Waals surface area contributed by atoms with Crippen LogP contribution in [0.1, 0.15) is 72.4 Å². The van der Waals surface area contributed by atoms with Crippen LogP contribution in [0.15, 0.2) is 54.6 Å². The highest BCUT2D eigenvalue weighted by Gasteiger charge is 2.46. The second-order valence-electron chi connectivity index (χ2n) is 12.8. The third kappa shape index (κ3) is 6.20. The monoisotopic (exact) mass is 614 g/mol. The lowest BCUT2D eigenvalue weighted by Gasteiger charge is -2.33. The number of hydrogen-bond acceptors (Lipinski definition) is 7. The van der Waals surface area contributed by atoms with E-state index < -0.39 is 5.60 Å². The molecule has 3 aromatic rings. The van der Waals surface area contributed by atoms with Crippen LogP contribution in [-0.2, 0) is 17.8 Å². The minimum absolute atomic E-state index is 0.0642. The van der Waals surface area contributed by atoms with E-state index in [4.69, 9.17) is 14.2 Å². The van der Waals surface area contributed by atoms with E-state index in [0.717, 1.165) is 82.6 Å². The highest BCUT2D eigenvalue weighted by atomic mass is 32.2. The number of thioether (sulfide) groups is 1. The largest absolute Gasteiger partial charge is 0.489 e. The van der Waals surface area contributed by atoms with Crippen molar-refractivity contribution in [3.63, 3.8) is 0 Å². The summed E-state index contributed by atoms with van der Waals surface area (Å²) in [5, 5.41) is 5.40. The van der Waals surface area contributed by atoms with Gasteiger partial charge in [0.15, 0.2) is 0 Å². The fraction of sp³-hybridized carbons (Fsp3) is 0.444. The molecular formula is C36H42N2O5S. The van der Waals surface area contributed by atoms with E-state index in [0.29, 0.717) is 13.0 Å². The van der Waals surface area contributed by atoms with Gasteiger partial charge in [-0.2, -0.15) is 0 Å². The van der Waals surface area contributed by atoms with Crippen LogP contribution in [0.4, 0.5) is 4.79 Å². The third-order valence-electron chi connectivity index (χ3n) is 9.43. The zero-order chi connectivity index (χ0) is 31.0. The molecule has 6 rings (SSSR count). The Morgan fingerprint density at radius 1 is 0.977 bits per heavy atom. The summed E-state index contributed by atoms with van der Waals surface area (Å²) in [4.78, 5) is 23.6. The van der Waals surface area contributed by atoms with E-state index in [1.165, 1.54) is 5.56 Å². The fourth-order valence-corrected chi connectivity index (χ4v) is 7.73. The van der Waals surface area contributed by atoms with Crippen molar-refractivity contribution < 1.29 is 23.8 Å². The second-order valence-corrected chi connectivity index (χ2v) is 14.0. The van der Waals surface area contributed by atoms with E-state index in [-0.39, 0.29) is 34.5 Å². The number of carbonyl (C=O) groups is 2. The number of amides is 2. The van der Waals surface area contributed by atoms with Crippen molar-refractivity contribution in [3.05, 3.63) is 88.0 Å². The zero-order valence-electron chi connectivity index (χ0n) is 26.2. The number of rotatable bonds is 10. The predicted molar refractivity (Wildman–Crippen MR) is 174 cm³/mol. The first-order valence-electron chi connectivity index (χ1n) is 15.6. The van der Waals surface area contributed by atoms with Gasteiger partial charge in [0.25, 0.3) is 5.24 Å². The van der Waals surface area contributed by atoms with Gasteiger partial charge in [-0.1, -0.05) is 54.2 Å². The molecule has 3 unspecified atom stereocenters. The van der Waals surface area contributed by atoms with Crippen molar-refractivity contribution in [2.75, 3.05) is 6.54 Å². The van der Waals surface area contributed by atoms with E-state index in [1.54, 1.807) is 0 Å². The van der Waals surface area contributed by atoms with Gasteiger partial charge in [0, 0.05) is 17.5 Å². The lowest BCUT2D eigenvalue weighted by molar-refractivity contribution is -0.118. The van der Waals surface area contributed by atoms with Crippen LogP contribution < -0.4 is 24.8 Å². The van der Waals surface area contributed by atoms with Crippen molar-refractivity contribution in [2.24, 2.45) is 0 Å². The molecule has 3 aliphatic rings. The third-order valence-corrected chi connectivity index (χ3v) is 10.4. The molecule has 0 saturated carbocycles. The highest BCUT2D eigenvalue weighted by Crippen LogP contribution is 2.53. The number of nitrogens with one attached hydrogen (secondary N) is 2. The Labute approximate surface area is 264 Å². The molecule has 2 saturated heterocycles. The molecule has 8 heteroatoms. The SMILES string of the molecule is Cc1c(C)c2c(c(C)c1OCc1ccccc1)C(CC(Oc1ccc(CC3SC(=O)NC3=O)cc1)[C@@H]1CCCN1)C(C)(C)O2. The first-order valence-corrected chi connectivity index (χ1v) is 16.5. The summed E-state index contributed by atoms with van der Waals surface area (Å²) in [7, 11) is 0. The summed E-state index contributed by atoms with van der Waals surface area (Å²) in [5.74, 6) is 2.62. The standard InChI is InChI=1S/C36H42N2O5S/c1-21-22(2)33-31(23(3)32(21)41-20-25-10-7-6-8-11-25)27(36(4,5)43-33)19-29(28-12-9-17-37-28)42-26-15-13-24(14-16-26)18-30-34(39)38-35(40)44-30/h6-8,10-11,13-16,27-30,37H,9,12,17-20H2,1-5H3,(H,38,39,40)/t27?,28-,29?,30?/m0/s1. The van der Waals surface area contributed by atoms with Crippen LogP contribution in [-0.4, -0.2) is 40.7 Å². The molecule has 44 heavy (non-hydrogen) atoms. The van der Waals surface area contributed by atoms with Gasteiger partial charge >= 0.3 is 0 Å². The Bertz CT molecular complexity index is 1530. The van der Waals surface area contributed by atoms with Crippen molar-refractivity contribution >= 4 is 22.9 Å².